The van der Waals surface area contributed by atoms with E-state index >= 15 is 0 Å². The number of nitrogens with zero attached hydrogens (tertiary/aromatic N) is 2. The summed E-state index contributed by atoms with van der Waals surface area (Å²) in [6.07, 6.45) is 4.36. The molecule has 0 bridgehead atoms. The van der Waals surface area contributed by atoms with Crippen LogP contribution in [0, 0.1) is 18.8 Å². The molecular formula is C33H44N4O. The molecule has 38 heavy (non-hydrogen) atoms. The maximum Gasteiger partial charge on any atom is 0.254 e. The summed E-state index contributed by atoms with van der Waals surface area (Å²) in [4.78, 5) is 20.3. The van der Waals surface area contributed by atoms with Gasteiger partial charge in [-0.15, -0.1) is 0 Å². The SMILES string of the molecule is CC.Cc1ccccc1C(=O)N(CC1CCC(CN=C(N)N)CC1)CC(c1ccccc1)c1ccccc1. The van der Waals surface area contributed by atoms with Gasteiger partial charge in [-0.25, -0.2) is 0 Å². The van der Waals surface area contributed by atoms with Gasteiger partial charge in [-0.05, 0) is 67.2 Å². The van der Waals surface area contributed by atoms with Crippen LogP contribution in [0.15, 0.2) is 89.9 Å². The summed E-state index contributed by atoms with van der Waals surface area (Å²) in [7, 11) is 0. The van der Waals surface area contributed by atoms with Gasteiger partial charge in [0.15, 0.2) is 5.96 Å². The van der Waals surface area contributed by atoms with E-state index in [1.165, 1.54) is 11.1 Å². The number of hydrogen-bond donors (Lipinski definition) is 2. The third kappa shape index (κ3) is 8.20. The predicted octanol–water partition coefficient (Wildman–Crippen LogP) is 6.38. The number of benzene rings is 3. The molecule has 1 amide bonds. The largest absolute Gasteiger partial charge is 0.370 e. The minimum atomic E-state index is 0.110. The first-order valence-electron chi connectivity index (χ1n) is 14.0. The Labute approximate surface area is 229 Å². The summed E-state index contributed by atoms with van der Waals surface area (Å²) in [6, 6.07) is 29.0. The molecule has 0 unspecified atom stereocenters. The number of guanidine groups is 1. The topological polar surface area (TPSA) is 84.7 Å². The van der Waals surface area contributed by atoms with E-state index in [0.29, 0.717) is 24.9 Å². The van der Waals surface area contributed by atoms with E-state index in [2.05, 4.69) is 58.4 Å². The van der Waals surface area contributed by atoms with Crippen molar-refractivity contribution >= 4 is 11.9 Å². The van der Waals surface area contributed by atoms with Gasteiger partial charge in [-0.3, -0.25) is 9.79 Å². The molecule has 5 nitrogen and oxygen atoms in total. The predicted molar refractivity (Wildman–Crippen MR) is 159 cm³/mol. The molecule has 0 heterocycles. The fourth-order valence-electron chi connectivity index (χ4n) is 5.36. The van der Waals surface area contributed by atoms with Crippen molar-refractivity contribution in [1.82, 2.24) is 4.90 Å². The van der Waals surface area contributed by atoms with Gasteiger partial charge in [0, 0.05) is 31.1 Å². The summed E-state index contributed by atoms with van der Waals surface area (Å²) in [6.45, 7) is 8.13. The quantitative estimate of drug-likeness (QED) is 0.258. The first kappa shape index (κ1) is 29.0. The average molecular weight is 513 g/mol. The second-order valence-electron chi connectivity index (χ2n) is 10.1. The number of aliphatic imine (C=N–C) groups is 1. The van der Waals surface area contributed by atoms with Gasteiger partial charge in [-0.1, -0.05) is 92.7 Å². The normalized spacial score (nSPS) is 16.7. The Balaban J connectivity index is 0.00000195. The van der Waals surface area contributed by atoms with Crippen molar-refractivity contribution in [2.24, 2.45) is 28.3 Å². The molecule has 1 aliphatic carbocycles. The Morgan fingerprint density at radius 2 is 1.32 bits per heavy atom. The highest BCUT2D eigenvalue weighted by Crippen LogP contribution is 2.32. The highest BCUT2D eigenvalue weighted by molar-refractivity contribution is 5.95. The third-order valence-electron chi connectivity index (χ3n) is 7.45. The van der Waals surface area contributed by atoms with Crippen LogP contribution in [0.2, 0.25) is 0 Å². The zero-order chi connectivity index (χ0) is 27.3. The lowest BCUT2D eigenvalue weighted by Gasteiger charge is -2.35. The first-order valence-corrected chi connectivity index (χ1v) is 14.0. The zero-order valence-electron chi connectivity index (χ0n) is 23.2. The van der Waals surface area contributed by atoms with Gasteiger partial charge in [0.1, 0.15) is 0 Å². The van der Waals surface area contributed by atoms with Crippen LogP contribution in [0.1, 0.15) is 72.5 Å². The standard InChI is InChI=1S/C31H38N4O.C2H6/c1-23-10-8-9-15-28(23)30(36)35(21-25-18-16-24(17-19-25)20-34-31(32)33)22-29(26-11-4-2-5-12-26)27-13-6-3-7-14-27;1-2/h2-15,24-25,29H,16-22H2,1H3,(H4,32,33,34);1-2H3. The van der Waals surface area contributed by atoms with Crippen LogP contribution in [-0.4, -0.2) is 36.4 Å². The van der Waals surface area contributed by atoms with Crippen LogP contribution in [0.4, 0.5) is 0 Å². The number of nitrogens with two attached hydrogens (primary N) is 2. The van der Waals surface area contributed by atoms with Gasteiger partial charge in [-0.2, -0.15) is 0 Å². The minimum Gasteiger partial charge on any atom is -0.370 e. The molecule has 1 saturated carbocycles. The molecule has 0 aliphatic heterocycles. The summed E-state index contributed by atoms with van der Waals surface area (Å²) < 4.78 is 0. The lowest BCUT2D eigenvalue weighted by atomic mass is 9.81. The third-order valence-corrected chi connectivity index (χ3v) is 7.45. The first-order chi connectivity index (χ1) is 18.5. The highest BCUT2D eigenvalue weighted by Gasteiger charge is 2.28. The second-order valence-corrected chi connectivity index (χ2v) is 10.1. The van der Waals surface area contributed by atoms with Crippen molar-refractivity contribution in [3.63, 3.8) is 0 Å². The van der Waals surface area contributed by atoms with E-state index in [1.54, 1.807) is 0 Å². The second kappa shape index (κ2) is 15.0. The highest BCUT2D eigenvalue weighted by atomic mass is 16.2. The number of aryl methyl sites for hydroxylation is 1. The van der Waals surface area contributed by atoms with E-state index in [1.807, 2.05) is 57.2 Å². The molecule has 4 N–H and O–H groups in total. The van der Waals surface area contributed by atoms with Crippen molar-refractivity contribution < 1.29 is 4.79 Å². The molecule has 3 aromatic carbocycles. The van der Waals surface area contributed by atoms with E-state index in [0.717, 1.165) is 43.4 Å². The molecule has 0 spiro atoms. The van der Waals surface area contributed by atoms with Gasteiger partial charge in [0.2, 0.25) is 0 Å². The molecular weight excluding hydrogens is 468 g/mol. The van der Waals surface area contributed by atoms with Crippen LogP contribution in [-0.2, 0) is 0 Å². The van der Waals surface area contributed by atoms with E-state index < -0.39 is 0 Å². The summed E-state index contributed by atoms with van der Waals surface area (Å²) in [5, 5.41) is 0. The van der Waals surface area contributed by atoms with E-state index in [9.17, 15) is 4.79 Å². The fraction of sp³-hybridized carbons (Fsp3) is 0.394. The van der Waals surface area contributed by atoms with Crippen LogP contribution in [0.3, 0.4) is 0 Å². The molecule has 3 aromatic rings. The average Bonchev–Trinajstić information content (AvgIpc) is 2.96. The van der Waals surface area contributed by atoms with Crippen molar-refractivity contribution in [1.29, 1.82) is 0 Å². The molecule has 0 saturated heterocycles. The number of amides is 1. The van der Waals surface area contributed by atoms with Gasteiger partial charge in [0.25, 0.3) is 5.91 Å². The Morgan fingerprint density at radius 1 is 0.816 bits per heavy atom. The Morgan fingerprint density at radius 3 is 1.84 bits per heavy atom. The van der Waals surface area contributed by atoms with Gasteiger partial charge < -0.3 is 16.4 Å². The molecule has 1 aliphatic rings. The van der Waals surface area contributed by atoms with Crippen molar-refractivity contribution in [2.45, 2.75) is 52.4 Å². The van der Waals surface area contributed by atoms with Crippen LogP contribution in [0.5, 0.6) is 0 Å². The molecule has 0 atom stereocenters. The maximum absolute atomic E-state index is 14.0. The summed E-state index contributed by atoms with van der Waals surface area (Å²) in [5.41, 5.74) is 15.3. The molecule has 5 heteroatoms. The van der Waals surface area contributed by atoms with Crippen molar-refractivity contribution in [2.75, 3.05) is 19.6 Å². The zero-order valence-corrected chi connectivity index (χ0v) is 23.2. The van der Waals surface area contributed by atoms with Crippen LogP contribution >= 0.6 is 0 Å². The number of carbonyl (C=O) groups is 1. The number of hydrogen-bond acceptors (Lipinski definition) is 2. The van der Waals surface area contributed by atoms with Crippen LogP contribution in [0.25, 0.3) is 0 Å². The van der Waals surface area contributed by atoms with Crippen molar-refractivity contribution in [3.05, 3.63) is 107 Å². The Kier molecular flexibility index (Phi) is 11.4. The Bertz CT molecular complexity index is 1090. The van der Waals surface area contributed by atoms with Crippen molar-refractivity contribution in [3.8, 4) is 0 Å². The van der Waals surface area contributed by atoms with Gasteiger partial charge in [0.05, 0.1) is 0 Å². The van der Waals surface area contributed by atoms with E-state index in [-0.39, 0.29) is 17.8 Å². The summed E-state index contributed by atoms with van der Waals surface area (Å²) in [5.74, 6) is 1.39. The molecule has 1 fully saturated rings. The monoisotopic (exact) mass is 512 g/mol. The van der Waals surface area contributed by atoms with Crippen LogP contribution < -0.4 is 11.5 Å². The molecule has 0 radical (unpaired) electrons. The number of rotatable bonds is 9. The molecule has 4 rings (SSSR count). The summed E-state index contributed by atoms with van der Waals surface area (Å²) >= 11 is 0. The smallest absolute Gasteiger partial charge is 0.254 e. The maximum atomic E-state index is 14.0. The van der Waals surface area contributed by atoms with E-state index in [4.69, 9.17) is 11.5 Å². The van der Waals surface area contributed by atoms with Gasteiger partial charge >= 0.3 is 0 Å². The Hall–Kier alpha value is -3.60. The lowest BCUT2D eigenvalue weighted by Crippen LogP contribution is -2.40. The lowest BCUT2D eigenvalue weighted by molar-refractivity contribution is 0.0699. The molecule has 0 aromatic heterocycles. The minimum absolute atomic E-state index is 0.110. The fourth-order valence-corrected chi connectivity index (χ4v) is 5.36. The number of carbonyl (C=O) groups excluding carboxylic acids is 1. The molecule has 202 valence electrons.